The second kappa shape index (κ2) is 8.66. The molecule has 3 rings (SSSR count). The topological polar surface area (TPSA) is 90.0 Å². The standard InChI is InChI=1S/C19H19F2N3O4S/c1-12-11-13(5-6-16(12)22-29(27)28)18(25)23-7-9-24(10-8-23)19(26)14-3-2-4-15(20)17(14)21/h2-6,11,22H,7-10H2,1H3,(H,27,28). The quantitative estimate of drug-likeness (QED) is 0.739. The molecule has 2 aromatic carbocycles. The number of nitrogens with zero attached hydrogens (tertiary/aromatic N) is 2. The van der Waals surface area contributed by atoms with Gasteiger partial charge in [0, 0.05) is 31.7 Å². The molecule has 0 saturated carbocycles. The van der Waals surface area contributed by atoms with Crippen LogP contribution in [0.2, 0.25) is 0 Å². The fourth-order valence-electron chi connectivity index (χ4n) is 3.14. The highest BCUT2D eigenvalue weighted by molar-refractivity contribution is 7.80. The second-order valence-electron chi connectivity index (χ2n) is 6.57. The van der Waals surface area contributed by atoms with Crippen LogP contribution < -0.4 is 4.72 Å². The maximum atomic E-state index is 13.9. The molecule has 1 aliphatic rings. The number of carbonyl (C=O) groups excluding carboxylic acids is 2. The molecule has 0 aromatic heterocycles. The minimum atomic E-state index is -2.21. The molecule has 29 heavy (non-hydrogen) atoms. The molecule has 1 saturated heterocycles. The van der Waals surface area contributed by atoms with Gasteiger partial charge in [-0.05, 0) is 42.8 Å². The maximum absolute atomic E-state index is 13.9. The van der Waals surface area contributed by atoms with Crippen molar-refractivity contribution in [2.24, 2.45) is 0 Å². The lowest BCUT2D eigenvalue weighted by Crippen LogP contribution is -2.50. The normalized spacial score (nSPS) is 15.2. The van der Waals surface area contributed by atoms with Crippen molar-refractivity contribution in [1.29, 1.82) is 0 Å². The summed E-state index contributed by atoms with van der Waals surface area (Å²) in [7, 11) is 0. The third-order valence-corrected chi connectivity index (χ3v) is 5.10. The summed E-state index contributed by atoms with van der Waals surface area (Å²) in [5.41, 5.74) is 1.15. The number of rotatable bonds is 4. The van der Waals surface area contributed by atoms with Crippen molar-refractivity contribution in [3.8, 4) is 0 Å². The Morgan fingerprint density at radius 3 is 2.24 bits per heavy atom. The molecule has 1 aliphatic heterocycles. The molecular formula is C19H19F2N3O4S. The molecule has 1 unspecified atom stereocenters. The lowest BCUT2D eigenvalue weighted by molar-refractivity contribution is 0.0532. The van der Waals surface area contributed by atoms with Crippen molar-refractivity contribution >= 4 is 28.8 Å². The van der Waals surface area contributed by atoms with Crippen LogP contribution in [0.3, 0.4) is 0 Å². The fourth-order valence-corrected chi connectivity index (χ4v) is 3.56. The molecule has 0 radical (unpaired) electrons. The van der Waals surface area contributed by atoms with Gasteiger partial charge in [-0.1, -0.05) is 6.07 Å². The van der Waals surface area contributed by atoms with Gasteiger partial charge in [0.25, 0.3) is 23.1 Å². The summed E-state index contributed by atoms with van der Waals surface area (Å²) in [5, 5.41) is 0. The van der Waals surface area contributed by atoms with Gasteiger partial charge in [0.05, 0.1) is 11.3 Å². The number of aryl methyl sites for hydroxylation is 1. The minimum Gasteiger partial charge on any atom is -0.335 e. The monoisotopic (exact) mass is 423 g/mol. The molecular weight excluding hydrogens is 404 g/mol. The Morgan fingerprint density at radius 1 is 1.03 bits per heavy atom. The van der Waals surface area contributed by atoms with E-state index in [0.29, 0.717) is 16.8 Å². The molecule has 0 bridgehead atoms. The Morgan fingerprint density at radius 2 is 1.66 bits per heavy atom. The fraction of sp³-hybridized carbons (Fsp3) is 0.263. The summed E-state index contributed by atoms with van der Waals surface area (Å²) in [6, 6.07) is 8.16. The number of hydrogen-bond acceptors (Lipinski definition) is 3. The number of amides is 2. The minimum absolute atomic E-state index is 0.197. The van der Waals surface area contributed by atoms with E-state index in [4.69, 9.17) is 4.55 Å². The Bertz CT molecular complexity index is 978. The Hall–Kier alpha value is -2.85. The molecule has 2 amide bonds. The van der Waals surface area contributed by atoms with Crippen molar-refractivity contribution in [1.82, 2.24) is 9.80 Å². The lowest BCUT2D eigenvalue weighted by Gasteiger charge is -2.35. The van der Waals surface area contributed by atoms with Crippen LogP contribution in [0.1, 0.15) is 26.3 Å². The number of anilines is 1. The van der Waals surface area contributed by atoms with Gasteiger partial charge >= 0.3 is 0 Å². The average molecular weight is 423 g/mol. The zero-order chi connectivity index (χ0) is 21.1. The number of piperazine rings is 1. The zero-order valence-electron chi connectivity index (χ0n) is 15.5. The van der Waals surface area contributed by atoms with Crippen LogP contribution in [-0.2, 0) is 11.3 Å². The van der Waals surface area contributed by atoms with Gasteiger partial charge in [0.1, 0.15) is 0 Å². The number of hydrogen-bond donors (Lipinski definition) is 2. The molecule has 0 aliphatic carbocycles. The third-order valence-electron chi connectivity index (χ3n) is 4.71. The predicted molar refractivity (Wildman–Crippen MR) is 104 cm³/mol. The van der Waals surface area contributed by atoms with E-state index in [2.05, 4.69) is 4.72 Å². The molecule has 1 heterocycles. The second-order valence-corrected chi connectivity index (χ2v) is 7.27. The van der Waals surface area contributed by atoms with Crippen molar-refractivity contribution in [2.45, 2.75) is 6.92 Å². The van der Waals surface area contributed by atoms with Gasteiger partial charge in [0.2, 0.25) is 0 Å². The summed E-state index contributed by atoms with van der Waals surface area (Å²) >= 11 is -2.21. The van der Waals surface area contributed by atoms with Gasteiger partial charge in [-0.3, -0.25) is 18.9 Å². The van der Waals surface area contributed by atoms with Crippen molar-refractivity contribution in [3.05, 3.63) is 64.7 Å². The van der Waals surface area contributed by atoms with Gasteiger partial charge < -0.3 is 9.80 Å². The Kier molecular flexibility index (Phi) is 6.23. The van der Waals surface area contributed by atoms with Crippen molar-refractivity contribution in [2.75, 3.05) is 30.9 Å². The van der Waals surface area contributed by atoms with Crippen LogP contribution in [0.5, 0.6) is 0 Å². The van der Waals surface area contributed by atoms with Gasteiger partial charge in [-0.2, -0.15) is 0 Å². The summed E-state index contributed by atoms with van der Waals surface area (Å²) in [6.07, 6.45) is 0. The van der Waals surface area contributed by atoms with E-state index in [1.54, 1.807) is 30.0 Å². The molecule has 154 valence electrons. The molecule has 1 atom stereocenters. The van der Waals surface area contributed by atoms with Crippen molar-refractivity contribution < 1.29 is 27.1 Å². The number of halogens is 2. The first kappa shape index (κ1) is 20.9. The van der Waals surface area contributed by atoms with E-state index in [0.717, 1.165) is 6.07 Å². The van der Waals surface area contributed by atoms with E-state index in [1.807, 2.05) is 0 Å². The van der Waals surface area contributed by atoms with Crippen molar-refractivity contribution in [3.63, 3.8) is 0 Å². The highest BCUT2D eigenvalue weighted by atomic mass is 32.2. The van der Waals surface area contributed by atoms with Gasteiger partial charge in [-0.15, -0.1) is 0 Å². The maximum Gasteiger partial charge on any atom is 0.259 e. The first-order valence-electron chi connectivity index (χ1n) is 8.78. The highest BCUT2D eigenvalue weighted by Gasteiger charge is 2.27. The summed E-state index contributed by atoms with van der Waals surface area (Å²) in [6.45, 7) is 2.60. The number of carbonyl (C=O) groups is 2. The van der Waals surface area contributed by atoms with Gasteiger partial charge in [0.15, 0.2) is 11.6 Å². The summed E-state index contributed by atoms with van der Waals surface area (Å²) in [5.74, 6) is -3.11. The molecule has 7 nitrogen and oxygen atoms in total. The van der Waals surface area contributed by atoms with E-state index < -0.39 is 28.8 Å². The van der Waals surface area contributed by atoms with Crippen LogP contribution >= 0.6 is 0 Å². The Labute approximate surface area is 168 Å². The van der Waals surface area contributed by atoms with E-state index in [1.165, 1.54) is 17.0 Å². The average Bonchev–Trinajstić information content (AvgIpc) is 2.70. The smallest absolute Gasteiger partial charge is 0.259 e. The SMILES string of the molecule is Cc1cc(C(=O)N2CCN(C(=O)c3cccc(F)c3F)CC2)ccc1NS(=O)O. The van der Waals surface area contributed by atoms with Crippen LogP contribution in [0.25, 0.3) is 0 Å². The molecule has 1 fully saturated rings. The molecule has 2 aromatic rings. The molecule has 10 heteroatoms. The van der Waals surface area contributed by atoms with Crippen LogP contribution in [0, 0.1) is 18.6 Å². The first-order chi connectivity index (χ1) is 13.8. The lowest BCUT2D eigenvalue weighted by atomic mass is 10.1. The molecule has 2 N–H and O–H groups in total. The number of benzene rings is 2. The van der Waals surface area contributed by atoms with E-state index in [-0.39, 0.29) is 37.6 Å². The van der Waals surface area contributed by atoms with Gasteiger partial charge in [-0.25, -0.2) is 13.0 Å². The van der Waals surface area contributed by atoms with E-state index in [9.17, 15) is 22.6 Å². The van der Waals surface area contributed by atoms with Crippen LogP contribution in [-0.4, -0.2) is 56.6 Å². The Balaban J connectivity index is 1.65. The highest BCUT2D eigenvalue weighted by Crippen LogP contribution is 2.20. The summed E-state index contributed by atoms with van der Waals surface area (Å²) < 4.78 is 49.3. The third kappa shape index (κ3) is 4.60. The van der Waals surface area contributed by atoms with E-state index >= 15 is 0 Å². The number of nitrogens with one attached hydrogen (secondary N) is 1. The molecule has 0 spiro atoms. The van der Waals surface area contributed by atoms with Crippen LogP contribution in [0.15, 0.2) is 36.4 Å². The first-order valence-corrected chi connectivity index (χ1v) is 9.89. The van der Waals surface area contributed by atoms with Crippen LogP contribution in [0.4, 0.5) is 14.5 Å². The zero-order valence-corrected chi connectivity index (χ0v) is 16.3. The predicted octanol–water partition coefficient (Wildman–Crippen LogP) is 2.42. The largest absolute Gasteiger partial charge is 0.335 e. The summed E-state index contributed by atoms with van der Waals surface area (Å²) in [4.78, 5) is 28.1.